The van der Waals surface area contributed by atoms with Crippen LogP contribution >= 0.6 is 7.82 Å². The summed E-state index contributed by atoms with van der Waals surface area (Å²) in [5.41, 5.74) is 0. The molecule has 244 valence electrons. The van der Waals surface area contributed by atoms with Gasteiger partial charge in [-0.2, -0.15) is 0 Å². The van der Waals surface area contributed by atoms with E-state index in [9.17, 15) is 19.4 Å². The quantitative estimate of drug-likeness (QED) is 0.0338. The van der Waals surface area contributed by atoms with Gasteiger partial charge in [0.1, 0.15) is 25.9 Å². The van der Waals surface area contributed by atoms with Crippen LogP contribution in [-0.4, -0.2) is 74.1 Å². The molecule has 0 aliphatic rings. The summed E-state index contributed by atoms with van der Waals surface area (Å²) < 4.78 is 27.0. The van der Waals surface area contributed by atoms with E-state index in [2.05, 4.69) is 73.8 Å². The lowest BCUT2D eigenvalue weighted by Gasteiger charge is -2.24. The highest BCUT2D eigenvalue weighted by atomic mass is 31.2. The van der Waals surface area contributed by atoms with Crippen LogP contribution in [0.5, 0.6) is 0 Å². The molecule has 0 amide bonds. The lowest BCUT2D eigenvalue weighted by Crippen LogP contribution is -2.37. The summed E-state index contributed by atoms with van der Waals surface area (Å²) >= 11 is 0. The second-order valence-corrected chi connectivity index (χ2v) is 12.5. The Kier molecular flexibility index (Phi) is 25.8. The Bertz CT molecular complexity index is 958. The average Bonchev–Trinajstić information content (AvgIpc) is 2.94. The smallest absolute Gasteiger partial charge is 0.463 e. The molecule has 2 atom stereocenters. The van der Waals surface area contributed by atoms with Gasteiger partial charge < -0.3 is 19.2 Å². The van der Waals surface area contributed by atoms with Crippen LogP contribution in [-0.2, 0) is 23.1 Å². The average molecular weight is 623 g/mol. The second-order valence-electron chi connectivity index (χ2n) is 11.0. The number of quaternary nitrogens is 1. The summed E-state index contributed by atoms with van der Waals surface area (Å²) in [7, 11) is 1.49. The number of unbranched alkanes of at least 4 members (excludes halogenated alkanes) is 2. The summed E-state index contributed by atoms with van der Waals surface area (Å²) in [5, 5.41) is 9.84. The van der Waals surface area contributed by atoms with Crippen LogP contribution in [0.3, 0.4) is 0 Å². The van der Waals surface area contributed by atoms with E-state index in [0.29, 0.717) is 17.4 Å². The SMILES string of the molecule is CCCCC=CCC=CCC=CCC=CCC=CCC=CCC=CCC(=O)OC[C@@H](O)COP(=O)(O)OCC[N+](C)(C)C. The largest absolute Gasteiger partial charge is 0.472 e. The number of phosphoric ester groups is 1. The van der Waals surface area contributed by atoms with Gasteiger partial charge in [-0.3, -0.25) is 13.8 Å². The van der Waals surface area contributed by atoms with Crippen molar-refractivity contribution in [1.82, 2.24) is 0 Å². The number of esters is 1. The molecule has 0 aromatic heterocycles. The molecule has 2 N–H and O–H groups in total. The molecule has 0 aliphatic carbocycles. The zero-order valence-corrected chi connectivity index (χ0v) is 27.8. The number of aliphatic hydroxyl groups is 1. The van der Waals surface area contributed by atoms with Gasteiger partial charge in [0, 0.05) is 0 Å². The number of aliphatic hydroxyl groups excluding tert-OH is 1. The van der Waals surface area contributed by atoms with Crippen molar-refractivity contribution < 1.29 is 37.6 Å². The standard InChI is InChI=1S/C34H56NO7P/c1-5-6-7-8-9-10-11-12-13-14-15-16-17-18-19-20-21-22-23-24-25-26-27-28-34(37)40-31-33(36)32-42-43(38,39)41-30-29-35(2,3)4/h8-9,11-12,14-15,17-18,20-21,23-24,26-27,33,36H,5-7,10,13,16,19,22,25,28-32H2,1-4H3/p+1/t33-/m1/s1. The minimum absolute atomic E-state index is 0.0350. The second kappa shape index (κ2) is 27.2. The van der Waals surface area contributed by atoms with Crippen molar-refractivity contribution >= 4 is 13.8 Å². The molecule has 0 spiro atoms. The minimum Gasteiger partial charge on any atom is -0.463 e. The Morgan fingerprint density at radius 2 is 1.16 bits per heavy atom. The fourth-order valence-corrected chi connectivity index (χ4v) is 3.94. The third-order valence-corrected chi connectivity index (χ3v) is 6.68. The van der Waals surface area contributed by atoms with Crippen LogP contribution in [0.15, 0.2) is 85.1 Å². The molecule has 1 unspecified atom stereocenters. The molecule has 0 aliphatic heterocycles. The maximum Gasteiger partial charge on any atom is 0.472 e. The van der Waals surface area contributed by atoms with Gasteiger partial charge in [0.2, 0.25) is 0 Å². The Morgan fingerprint density at radius 1 is 0.721 bits per heavy atom. The first-order valence-corrected chi connectivity index (χ1v) is 16.9. The highest BCUT2D eigenvalue weighted by molar-refractivity contribution is 7.47. The zero-order valence-electron chi connectivity index (χ0n) is 26.9. The number of ether oxygens (including phenoxy) is 1. The summed E-state index contributed by atoms with van der Waals surface area (Å²) in [6, 6.07) is 0. The van der Waals surface area contributed by atoms with E-state index in [1.54, 1.807) is 6.08 Å². The molecule has 0 fully saturated rings. The maximum absolute atomic E-state index is 11.8. The molecule has 9 heteroatoms. The third kappa shape index (κ3) is 32.4. The normalized spacial score (nSPS) is 15.4. The number of carbonyl (C=O) groups excluding carboxylic acids is 1. The maximum atomic E-state index is 11.8. The van der Waals surface area contributed by atoms with Gasteiger partial charge in [0.15, 0.2) is 0 Å². The van der Waals surface area contributed by atoms with Crippen molar-refractivity contribution in [3.8, 4) is 0 Å². The van der Waals surface area contributed by atoms with Crippen LogP contribution in [0, 0.1) is 0 Å². The molecule has 0 aromatic rings. The zero-order chi connectivity index (χ0) is 32.1. The monoisotopic (exact) mass is 622 g/mol. The summed E-state index contributed by atoms with van der Waals surface area (Å²) in [6.07, 6.45) is 37.6. The molecule has 0 bridgehead atoms. The fourth-order valence-electron chi connectivity index (χ4n) is 3.19. The van der Waals surface area contributed by atoms with Gasteiger partial charge in [-0.15, -0.1) is 0 Å². The third-order valence-electron chi connectivity index (χ3n) is 5.69. The highest BCUT2D eigenvalue weighted by Gasteiger charge is 2.24. The van der Waals surface area contributed by atoms with Crippen molar-refractivity contribution in [2.24, 2.45) is 0 Å². The number of hydrogen-bond donors (Lipinski definition) is 2. The van der Waals surface area contributed by atoms with Crippen molar-refractivity contribution in [3.63, 3.8) is 0 Å². The number of allylic oxidation sites excluding steroid dienone is 13. The number of hydrogen-bond acceptors (Lipinski definition) is 6. The van der Waals surface area contributed by atoms with Crippen LogP contribution in [0.1, 0.15) is 71.1 Å². The van der Waals surface area contributed by atoms with E-state index in [1.165, 1.54) is 19.3 Å². The lowest BCUT2D eigenvalue weighted by atomic mass is 10.2. The predicted octanol–water partition coefficient (Wildman–Crippen LogP) is 7.54. The van der Waals surface area contributed by atoms with Crippen molar-refractivity contribution in [1.29, 1.82) is 0 Å². The van der Waals surface area contributed by atoms with E-state index in [-0.39, 0.29) is 19.6 Å². The van der Waals surface area contributed by atoms with Crippen molar-refractivity contribution in [3.05, 3.63) is 85.1 Å². The van der Waals surface area contributed by atoms with Crippen molar-refractivity contribution in [2.45, 2.75) is 77.2 Å². The molecule has 8 nitrogen and oxygen atoms in total. The van der Waals surface area contributed by atoms with Crippen LogP contribution in [0.4, 0.5) is 0 Å². The molecule has 43 heavy (non-hydrogen) atoms. The van der Waals surface area contributed by atoms with E-state index in [0.717, 1.165) is 32.1 Å². The molecule has 0 rings (SSSR count). The summed E-state index contributed by atoms with van der Waals surface area (Å²) in [5.74, 6) is -0.505. The van der Waals surface area contributed by atoms with E-state index >= 15 is 0 Å². The molecule has 0 radical (unpaired) electrons. The van der Waals surface area contributed by atoms with E-state index < -0.39 is 26.5 Å². The number of rotatable bonds is 26. The summed E-state index contributed by atoms with van der Waals surface area (Å²) in [4.78, 5) is 21.4. The summed E-state index contributed by atoms with van der Waals surface area (Å²) in [6.45, 7) is 1.95. The number of nitrogens with zero attached hydrogens (tertiary/aromatic N) is 1. The van der Waals surface area contributed by atoms with Crippen molar-refractivity contribution in [2.75, 3.05) is 47.5 Å². The van der Waals surface area contributed by atoms with E-state index in [1.807, 2.05) is 33.3 Å². The van der Waals surface area contributed by atoms with E-state index in [4.69, 9.17) is 13.8 Å². The molecule has 0 aromatic carbocycles. The van der Waals surface area contributed by atoms with Gasteiger partial charge in [-0.05, 0) is 44.9 Å². The van der Waals surface area contributed by atoms with Crippen LogP contribution < -0.4 is 0 Å². The number of carbonyl (C=O) groups is 1. The predicted molar refractivity (Wildman–Crippen MR) is 177 cm³/mol. The van der Waals surface area contributed by atoms with Gasteiger partial charge >= 0.3 is 13.8 Å². The van der Waals surface area contributed by atoms with Gasteiger partial charge in [-0.1, -0.05) is 105 Å². The lowest BCUT2D eigenvalue weighted by molar-refractivity contribution is -0.870. The van der Waals surface area contributed by atoms with Gasteiger partial charge in [-0.25, -0.2) is 4.57 Å². The van der Waals surface area contributed by atoms with Gasteiger partial charge in [0.05, 0.1) is 34.2 Å². The van der Waals surface area contributed by atoms with Crippen LogP contribution in [0.25, 0.3) is 0 Å². The van der Waals surface area contributed by atoms with Crippen LogP contribution in [0.2, 0.25) is 0 Å². The molecule has 0 heterocycles. The molecule has 0 saturated carbocycles. The Hall–Kier alpha value is -2.32. The fraction of sp³-hybridized carbons (Fsp3) is 0.559. The van der Waals surface area contributed by atoms with Gasteiger partial charge in [0.25, 0.3) is 0 Å². The minimum atomic E-state index is -4.27. The first-order valence-electron chi connectivity index (χ1n) is 15.4. The molecular formula is C34H57NO7P+. The highest BCUT2D eigenvalue weighted by Crippen LogP contribution is 2.43. The first-order chi connectivity index (χ1) is 20.6. The first kappa shape index (κ1) is 40.7. The Labute approximate surface area is 261 Å². The topological polar surface area (TPSA) is 102 Å². The number of likely N-dealkylation sites (N-methyl/N-ethyl adjacent to an activating group) is 1. The number of phosphoric acid groups is 1. The molecular weight excluding hydrogens is 565 g/mol. The molecule has 0 saturated heterocycles. The Morgan fingerprint density at radius 3 is 1.60 bits per heavy atom. The Balaban J connectivity index is 3.81.